The van der Waals surface area contributed by atoms with Crippen LogP contribution in [0.4, 0.5) is 0 Å². The molecule has 0 N–H and O–H groups in total. The van der Waals surface area contributed by atoms with Crippen molar-refractivity contribution in [2.75, 3.05) is 0 Å². The van der Waals surface area contributed by atoms with Gasteiger partial charge in [-0.15, -0.1) is 0 Å². The summed E-state index contributed by atoms with van der Waals surface area (Å²) in [6, 6.07) is 12.7. The van der Waals surface area contributed by atoms with Gasteiger partial charge in [0.1, 0.15) is 0 Å². The van der Waals surface area contributed by atoms with Crippen LogP contribution in [0.15, 0.2) is 42.2 Å². The standard InChI is InChI=1S/C11H8NP/c1-2-4-9-8(3-1)5-6-11-10(9)7-13-12-11/h1-7,13H. The monoisotopic (exact) mass is 185 g/mol. The maximum absolute atomic E-state index is 4.42. The lowest BCUT2D eigenvalue weighted by Gasteiger charge is -1.97. The summed E-state index contributed by atoms with van der Waals surface area (Å²) >= 11 is 0. The molecular formula is C11H8NP. The van der Waals surface area contributed by atoms with Crippen LogP contribution in [0.25, 0.3) is 21.7 Å². The normalized spacial score (nSPS) is 11.7. The molecule has 0 spiro atoms. The van der Waals surface area contributed by atoms with Gasteiger partial charge in [0, 0.05) is 5.39 Å². The Labute approximate surface area is 77.6 Å². The fraction of sp³-hybridized carbons (Fsp3) is 0. The maximum Gasteiger partial charge on any atom is 0.0750 e. The van der Waals surface area contributed by atoms with Gasteiger partial charge >= 0.3 is 0 Å². The third-order valence-electron chi connectivity index (χ3n) is 2.34. The number of aromatic nitrogens is 1. The van der Waals surface area contributed by atoms with E-state index in [1.807, 2.05) is 0 Å². The molecule has 0 aliphatic carbocycles. The van der Waals surface area contributed by atoms with Crippen molar-refractivity contribution >= 4 is 30.0 Å². The van der Waals surface area contributed by atoms with Crippen molar-refractivity contribution in [3.05, 3.63) is 42.2 Å². The zero-order chi connectivity index (χ0) is 8.67. The molecule has 0 saturated heterocycles. The van der Waals surface area contributed by atoms with E-state index in [9.17, 15) is 0 Å². The van der Waals surface area contributed by atoms with Crippen LogP contribution in [0.2, 0.25) is 0 Å². The van der Waals surface area contributed by atoms with Crippen LogP contribution >= 0.6 is 8.35 Å². The summed E-state index contributed by atoms with van der Waals surface area (Å²) in [6.45, 7) is 0. The lowest BCUT2D eigenvalue weighted by Crippen LogP contribution is -1.72. The smallest absolute Gasteiger partial charge is 0.0750 e. The second-order valence-corrected chi connectivity index (χ2v) is 3.88. The third kappa shape index (κ3) is 0.976. The molecule has 1 unspecified atom stereocenters. The van der Waals surface area contributed by atoms with Gasteiger partial charge in [0.05, 0.1) is 5.52 Å². The van der Waals surface area contributed by atoms with Crippen molar-refractivity contribution in [2.24, 2.45) is 0 Å². The van der Waals surface area contributed by atoms with E-state index in [2.05, 4.69) is 46.9 Å². The van der Waals surface area contributed by atoms with E-state index in [-0.39, 0.29) is 0 Å². The Hall–Kier alpha value is -1.33. The second kappa shape index (κ2) is 2.58. The summed E-state index contributed by atoms with van der Waals surface area (Å²) in [5.41, 5.74) is 1.15. The van der Waals surface area contributed by atoms with Crippen LogP contribution in [0.5, 0.6) is 0 Å². The molecule has 1 atom stereocenters. The summed E-state index contributed by atoms with van der Waals surface area (Å²) in [5.74, 6) is 2.22. The number of nitrogens with zero attached hydrogens (tertiary/aromatic N) is 1. The van der Waals surface area contributed by atoms with E-state index in [1.165, 1.54) is 16.2 Å². The van der Waals surface area contributed by atoms with Gasteiger partial charge in [-0.25, -0.2) is 4.75 Å². The molecule has 2 heteroatoms. The van der Waals surface area contributed by atoms with Gasteiger partial charge in [0.25, 0.3) is 0 Å². The van der Waals surface area contributed by atoms with Crippen molar-refractivity contribution in [2.45, 2.75) is 0 Å². The first-order chi connectivity index (χ1) is 6.45. The van der Waals surface area contributed by atoms with E-state index in [1.54, 1.807) is 0 Å². The third-order valence-corrected chi connectivity index (χ3v) is 3.13. The number of benzene rings is 2. The van der Waals surface area contributed by atoms with Gasteiger partial charge in [-0.2, -0.15) is 0 Å². The molecule has 0 aliphatic rings. The predicted molar refractivity (Wildman–Crippen MR) is 58.8 cm³/mol. The zero-order valence-electron chi connectivity index (χ0n) is 6.99. The molecule has 0 radical (unpaired) electrons. The first-order valence-corrected chi connectivity index (χ1v) is 5.29. The van der Waals surface area contributed by atoms with Gasteiger partial charge in [-0.1, -0.05) is 30.3 Å². The van der Waals surface area contributed by atoms with Crippen LogP contribution < -0.4 is 0 Å². The molecule has 1 nitrogen and oxygen atoms in total. The Bertz CT molecular complexity index is 568. The lowest BCUT2D eigenvalue weighted by molar-refractivity contribution is 1.68. The Morgan fingerprint density at radius 2 is 1.85 bits per heavy atom. The van der Waals surface area contributed by atoms with Crippen molar-refractivity contribution < 1.29 is 0 Å². The molecule has 13 heavy (non-hydrogen) atoms. The highest BCUT2D eigenvalue weighted by molar-refractivity contribution is 7.25. The SMILES string of the molecule is c1ccc2c(c1)ccc1n[pH]cc12. The second-order valence-electron chi connectivity index (χ2n) is 3.10. The topological polar surface area (TPSA) is 12.9 Å². The van der Waals surface area contributed by atoms with Crippen molar-refractivity contribution in [1.29, 1.82) is 0 Å². The summed E-state index contributed by atoms with van der Waals surface area (Å²) in [5, 5.41) is 3.95. The van der Waals surface area contributed by atoms with Gasteiger partial charge < -0.3 is 0 Å². The minimum Gasteiger partial charge on any atom is -0.240 e. The highest BCUT2D eigenvalue weighted by Crippen LogP contribution is 2.26. The largest absolute Gasteiger partial charge is 0.240 e. The van der Waals surface area contributed by atoms with E-state index in [4.69, 9.17) is 0 Å². The Morgan fingerprint density at radius 3 is 2.85 bits per heavy atom. The number of hydrogen-bond donors (Lipinski definition) is 0. The van der Waals surface area contributed by atoms with Crippen molar-refractivity contribution in [3.63, 3.8) is 0 Å². The van der Waals surface area contributed by atoms with Crippen LogP contribution in [0, 0.1) is 0 Å². The minimum atomic E-state index is 0.610. The molecule has 0 amide bonds. The van der Waals surface area contributed by atoms with Crippen molar-refractivity contribution in [3.8, 4) is 0 Å². The number of fused-ring (bicyclic) bond motifs is 3. The van der Waals surface area contributed by atoms with Crippen molar-refractivity contribution in [1.82, 2.24) is 4.75 Å². The lowest BCUT2D eigenvalue weighted by atomic mass is 10.1. The van der Waals surface area contributed by atoms with E-state index < -0.39 is 0 Å². The van der Waals surface area contributed by atoms with Crippen LogP contribution in [0.3, 0.4) is 0 Å². The molecule has 2 aromatic carbocycles. The molecule has 0 fully saturated rings. The molecule has 3 rings (SSSR count). The molecule has 0 aliphatic heterocycles. The number of hydrogen-bond acceptors (Lipinski definition) is 1. The molecule has 3 aromatic rings. The first kappa shape index (κ1) is 7.11. The predicted octanol–water partition coefficient (Wildman–Crippen LogP) is 3.42. The average molecular weight is 185 g/mol. The minimum absolute atomic E-state index is 0.610. The highest BCUT2D eigenvalue weighted by atomic mass is 31.0. The quantitative estimate of drug-likeness (QED) is 0.523. The molecule has 0 saturated carbocycles. The van der Waals surface area contributed by atoms with E-state index in [0.29, 0.717) is 8.35 Å². The van der Waals surface area contributed by atoms with Gasteiger partial charge in [-0.05, 0) is 31.0 Å². The summed E-state index contributed by atoms with van der Waals surface area (Å²) in [6.07, 6.45) is 0. The van der Waals surface area contributed by atoms with Gasteiger partial charge in [0.2, 0.25) is 0 Å². The average Bonchev–Trinajstić information content (AvgIpc) is 2.65. The van der Waals surface area contributed by atoms with Gasteiger partial charge in [-0.3, -0.25) is 0 Å². The highest BCUT2D eigenvalue weighted by Gasteiger charge is 1.99. The molecule has 62 valence electrons. The number of rotatable bonds is 0. The molecular weight excluding hydrogens is 177 g/mol. The Kier molecular flexibility index (Phi) is 1.41. The van der Waals surface area contributed by atoms with E-state index >= 15 is 0 Å². The van der Waals surface area contributed by atoms with E-state index in [0.717, 1.165) is 5.52 Å². The zero-order valence-corrected chi connectivity index (χ0v) is 7.99. The molecule has 1 aromatic heterocycles. The molecule has 1 heterocycles. The fourth-order valence-electron chi connectivity index (χ4n) is 1.70. The maximum atomic E-state index is 4.42. The van der Waals surface area contributed by atoms with Gasteiger partial charge in [0.15, 0.2) is 0 Å². The fourth-order valence-corrected chi connectivity index (χ4v) is 2.53. The summed E-state index contributed by atoms with van der Waals surface area (Å²) in [7, 11) is 0.610. The molecule has 0 bridgehead atoms. The summed E-state index contributed by atoms with van der Waals surface area (Å²) < 4.78 is 4.42. The summed E-state index contributed by atoms with van der Waals surface area (Å²) in [4.78, 5) is 0. The van der Waals surface area contributed by atoms with Crippen LogP contribution in [-0.4, -0.2) is 4.75 Å². The Balaban J connectivity index is 2.65. The Morgan fingerprint density at radius 1 is 0.923 bits per heavy atom. The van der Waals surface area contributed by atoms with Crippen LogP contribution in [0.1, 0.15) is 0 Å². The first-order valence-electron chi connectivity index (χ1n) is 4.26. The van der Waals surface area contributed by atoms with Crippen LogP contribution in [-0.2, 0) is 0 Å².